The zero-order valence-electron chi connectivity index (χ0n) is 11.8. The van der Waals surface area contributed by atoms with E-state index >= 15 is 0 Å². The van der Waals surface area contributed by atoms with Gasteiger partial charge in [0.15, 0.2) is 0 Å². The fourth-order valence-electron chi connectivity index (χ4n) is 1.69. The molecule has 7 heteroatoms. The van der Waals surface area contributed by atoms with Crippen LogP contribution < -0.4 is 14.2 Å². The van der Waals surface area contributed by atoms with Crippen molar-refractivity contribution < 1.29 is 17.9 Å². The summed E-state index contributed by atoms with van der Waals surface area (Å²) in [6.07, 6.45) is 0. The van der Waals surface area contributed by atoms with Gasteiger partial charge in [0.05, 0.1) is 20.0 Å². The van der Waals surface area contributed by atoms with E-state index in [1.54, 1.807) is 32.2 Å². The number of hydrogen-bond acceptors (Lipinski definition) is 4. The molecule has 0 fully saturated rings. The van der Waals surface area contributed by atoms with Crippen molar-refractivity contribution in [2.45, 2.75) is 13.5 Å². The third kappa shape index (κ3) is 5.19. The molecular weight excluding hydrogens is 302 g/mol. The first-order valence-electron chi connectivity index (χ1n) is 6.16. The molecule has 1 atom stereocenters. The van der Waals surface area contributed by atoms with Crippen LogP contribution in [0.4, 0.5) is 0 Å². The Morgan fingerprint density at radius 3 is 2.55 bits per heavy atom. The Morgan fingerprint density at radius 1 is 1.30 bits per heavy atom. The summed E-state index contributed by atoms with van der Waals surface area (Å²) in [7, 11) is -0.276. The van der Waals surface area contributed by atoms with Crippen molar-refractivity contribution in [3.05, 3.63) is 23.8 Å². The summed E-state index contributed by atoms with van der Waals surface area (Å²) >= 11 is 5.63. The second-order valence-corrected chi connectivity index (χ2v) is 6.70. The highest BCUT2D eigenvalue weighted by molar-refractivity contribution is 7.89. The van der Waals surface area contributed by atoms with Crippen LogP contribution in [0.3, 0.4) is 0 Å². The number of rotatable bonds is 8. The monoisotopic (exact) mass is 321 g/mol. The zero-order chi connectivity index (χ0) is 15.2. The minimum atomic E-state index is -3.37. The highest BCUT2D eigenvalue weighted by Gasteiger charge is 2.16. The standard InChI is InChI=1S/C13H20ClNO4S/c1-10(7-14)9-20(16,17)15-8-11-6-12(18-2)4-5-13(11)19-3/h4-6,10,15H,7-9H2,1-3H3. The quantitative estimate of drug-likeness (QED) is 0.744. The fraction of sp³-hybridized carbons (Fsp3) is 0.538. The number of nitrogens with one attached hydrogen (secondary N) is 1. The lowest BCUT2D eigenvalue weighted by atomic mass is 10.2. The molecule has 1 N–H and O–H groups in total. The maximum absolute atomic E-state index is 11.9. The first kappa shape index (κ1) is 17.1. The average molecular weight is 322 g/mol. The molecule has 1 unspecified atom stereocenters. The molecule has 0 radical (unpaired) electrons. The smallest absolute Gasteiger partial charge is 0.212 e. The van der Waals surface area contributed by atoms with Gasteiger partial charge in [-0.15, -0.1) is 11.6 Å². The van der Waals surface area contributed by atoms with E-state index in [-0.39, 0.29) is 18.2 Å². The molecule has 0 aliphatic rings. The number of sulfonamides is 1. The van der Waals surface area contributed by atoms with Gasteiger partial charge >= 0.3 is 0 Å². The molecule has 1 rings (SSSR count). The number of alkyl halides is 1. The Morgan fingerprint density at radius 2 is 2.00 bits per heavy atom. The van der Waals surface area contributed by atoms with Crippen molar-refractivity contribution in [2.75, 3.05) is 25.9 Å². The van der Waals surface area contributed by atoms with Crippen molar-refractivity contribution in [1.29, 1.82) is 0 Å². The summed E-state index contributed by atoms with van der Waals surface area (Å²) in [6.45, 7) is 1.94. The topological polar surface area (TPSA) is 64.6 Å². The van der Waals surface area contributed by atoms with Crippen LogP contribution in [0.1, 0.15) is 12.5 Å². The first-order chi connectivity index (χ1) is 9.41. The SMILES string of the molecule is COc1ccc(OC)c(CNS(=O)(=O)CC(C)CCl)c1. The maximum Gasteiger partial charge on any atom is 0.212 e. The Bertz CT molecular complexity index is 533. The van der Waals surface area contributed by atoms with E-state index in [4.69, 9.17) is 21.1 Å². The Balaban J connectivity index is 2.78. The Labute approximate surface area is 125 Å². The van der Waals surface area contributed by atoms with E-state index in [2.05, 4.69) is 4.72 Å². The van der Waals surface area contributed by atoms with Gasteiger partial charge in [0.1, 0.15) is 11.5 Å². The van der Waals surface area contributed by atoms with E-state index in [0.29, 0.717) is 22.9 Å². The van der Waals surface area contributed by atoms with Crippen molar-refractivity contribution in [3.63, 3.8) is 0 Å². The van der Waals surface area contributed by atoms with Gasteiger partial charge in [-0.25, -0.2) is 13.1 Å². The summed E-state index contributed by atoms with van der Waals surface area (Å²) < 4.78 is 36.6. The van der Waals surface area contributed by atoms with E-state index < -0.39 is 10.0 Å². The third-order valence-electron chi connectivity index (χ3n) is 2.74. The number of ether oxygens (including phenoxy) is 2. The largest absolute Gasteiger partial charge is 0.497 e. The van der Waals surface area contributed by atoms with E-state index in [1.807, 2.05) is 0 Å². The summed E-state index contributed by atoms with van der Waals surface area (Å²) in [4.78, 5) is 0. The van der Waals surface area contributed by atoms with Gasteiger partial charge in [-0.3, -0.25) is 0 Å². The van der Waals surface area contributed by atoms with Gasteiger partial charge < -0.3 is 9.47 Å². The van der Waals surface area contributed by atoms with Crippen molar-refractivity contribution in [3.8, 4) is 11.5 Å². The Hall–Kier alpha value is -0.980. The average Bonchev–Trinajstić information content (AvgIpc) is 2.44. The molecule has 0 saturated heterocycles. The highest BCUT2D eigenvalue weighted by atomic mass is 35.5. The summed E-state index contributed by atoms with van der Waals surface area (Å²) in [5, 5.41) is 0. The molecule has 5 nitrogen and oxygen atoms in total. The van der Waals surface area contributed by atoms with Gasteiger partial charge in [-0.2, -0.15) is 0 Å². The molecule has 0 saturated carbocycles. The van der Waals surface area contributed by atoms with Crippen molar-refractivity contribution in [2.24, 2.45) is 5.92 Å². The highest BCUT2D eigenvalue weighted by Crippen LogP contribution is 2.23. The molecule has 0 heterocycles. The molecule has 0 aliphatic heterocycles. The van der Waals surface area contributed by atoms with Crippen LogP contribution in [0, 0.1) is 5.92 Å². The Kier molecular flexibility index (Phi) is 6.58. The molecule has 0 bridgehead atoms. The number of halogens is 1. The number of hydrogen-bond donors (Lipinski definition) is 1. The fourth-order valence-corrected chi connectivity index (χ4v) is 3.28. The van der Waals surface area contributed by atoms with E-state index in [1.165, 1.54) is 7.11 Å². The van der Waals surface area contributed by atoms with Gasteiger partial charge in [0, 0.05) is 18.0 Å². The second kappa shape index (κ2) is 7.71. The van der Waals surface area contributed by atoms with Crippen molar-refractivity contribution >= 4 is 21.6 Å². The predicted molar refractivity (Wildman–Crippen MR) is 80.1 cm³/mol. The molecule has 20 heavy (non-hydrogen) atoms. The molecule has 0 amide bonds. The lowest BCUT2D eigenvalue weighted by Crippen LogP contribution is -2.29. The van der Waals surface area contributed by atoms with Crippen LogP contribution in [0.2, 0.25) is 0 Å². The molecule has 1 aromatic carbocycles. The van der Waals surface area contributed by atoms with Gasteiger partial charge in [-0.1, -0.05) is 6.92 Å². The molecular formula is C13H20ClNO4S. The predicted octanol–water partition coefficient (Wildman–Crippen LogP) is 2.00. The molecule has 0 spiro atoms. The summed E-state index contributed by atoms with van der Waals surface area (Å²) in [5.41, 5.74) is 0.717. The zero-order valence-corrected chi connectivity index (χ0v) is 13.4. The van der Waals surface area contributed by atoms with E-state index in [0.717, 1.165) is 0 Å². The second-order valence-electron chi connectivity index (χ2n) is 4.54. The normalized spacial score (nSPS) is 13.0. The van der Waals surface area contributed by atoms with Crippen LogP contribution >= 0.6 is 11.6 Å². The van der Waals surface area contributed by atoms with Crippen LogP contribution in [-0.4, -0.2) is 34.3 Å². The number of methoxy groups -OCH3 is 2. The van der Waals surface area contributed by atoms with Crippen molar-refractivity contribution in [1.82, 2.24) is 4.72 Å². The maximum atomic E-state index is 11.9. The lowest BCUT2D eigenvalue weighted by molar-refractivity contribution is 0.398. The van der Waals surface area contributed by atoms with Gasteiger partial charge in [0.25, 0.3) is 0 Å². The molecule has 1 aromatic rings. The minimum absolute atomic E-state index is 0.00276. The van der Waals surface area contributed by atoms with Gasteiger partial charge in [-0.05, 0) is 24.1 Å². The molecule has 0 aromatic heterocycles. The summed E-state index contributed by atoms with van der Waals surface area (Å²) in [6, 6.07) is 5.24. The lowest BCUT2D eigenvalue weighted by Gasteiger charge is -2.13. The minimum Gasteiger partial charge on any atom is -0.497 e. The van der Waals surface area contributed by atoms with Crippen LogP contribution in [-0.2, 0) is 16.6 Å². The number of benzene rings is 1. The third-order valence-corrected chi connectivity index (χ3v) is 4.86. The van der Waals surface area contributed by atoms with E-state index in [9.17, 15) is 8.42 Å². The molecule has 0 aliphatic carbocycles. The van der Waals surface area contributed by atoms with Crippen LogP contribution in [0.25, 0.3) is 0 Å². The van der Waals surface area contributed by atoms with Crippen LogP contribution in [0.5, 0.6) is 11.5 Å². The van der Waals surface area contributed by atoms with Crippen LogP contribution in [0.15, 0.2) is 18.2 Å². The molecule has 114 valence electrons. The first-order valence-corrected chi connectivity index (χ1v) is 8.34. The summed E-state index contributed by atoms with van der Waals surface area (Å²) in [5.74, 6) is 1.47. The van der Waals surface area contributed by atoms with Gasteiger partial charge in [0.2, 0.25) is 10.0 Å².